The third-order valence-corrected chi connectivity index (χ3v) is 0.985. The van der Waals surface area contributed by atoms with Gasteiger partial charge in [-0.15, -0.1) is 0 Å². The monoisotopic (exact) mass is 128 g/mol. The van der Waals surface area contributed by atoms with Crippen LogP contribution in [0.5, 0.6) is 0 Å². The van der Waals surface area contributed by atoms with E-state index in [2.05, 4.69) is 19.2 Å². The first kappa shape index (κ1) is 8.50. The Morgan fingerprint density at radius 2 is 2.22 bits per heavy atom. The van der Waals surface area contributed by atoms with Gasteiger partial charge in [0.2, 0.25) is 0 Å². The van der Waals surface area contributed by atoms with Gasteiger partial charge in [0.1, 0.15) is 0 Å². The highest BCUT2D eigenvalue weighted by Gasteiger charge is 1.85. The highest BCUT2D eigenvalue weighted by Crippen LogP contribution is 1.85. The van der Waals surface area contributed by atoms with E-state index in [1.807, 2.05) is 13.1 Å². The molecular formula is C7H16N2. The normalized spacial score (nSPS) is 12.3. The van der Waals surface area contributed by atoms with E-state index in [1.54, 1.807) is 0 Å². The van der Waals surface area contributed by atoms with Gasteiger partial charge < -0.3 is 11.1 Å². The molecule has 0 fully saturated rings. The van der Waals surface area contributed by atoms with E-state index in [9.17, 15) is 0 Å². The van der Waals surface area contributed by atoms with Gasteiger partial charge in [-0.25, -0.2) is 0 Å². The molecule has 0 rings (SSSR count). The molecule has 0 amide bonds. The SMILES string of the molecule is C/C(=C/NC(C)C)CN. The maximum atomic E-state index is 5.35. The van der Waals surface area contributed by atoms with E-state index in [0.717, 1.165) is 0 Å². The van der Waals surface area contributed by atoms with Crippen molar-refractivity contribution in [2.75, 3.05) is 6.54 Å². The Kier molecular flexibility index (Phi) is 4.14. The van der Waals surface area contributed by atoms with Crippen molar-refractivity contribution in [2.45, 2.75) is 26.8 Å². The summed E-state index contributed by atoms with van der Waals surface area (Å²) < 4.78 is 0. The topological polar surface area (TPSA) is 38.0 Å². The van der Waals surface area contributed by atoms with E-state index in [4.69, 9.17) is 5.73 Å². The summed E-state index contributed by atoms with van der Waals surface area (Å²) in [5, 5.41) is 3.15. The average molecular weight is 128 g/mol. The summed E-state index contributed by atoms with van der Waals surface area (Å²) in [6, 6.07) is 0.506. The van der Waals surface area contributed by atoms with Crippen molar-refractivity contribution in [2.24, 2.45) is 5.73 Å². The summed E-state index contributed by atoms with van der Waals surface area (Å²) in [6.07, 6.45) is 1.96. The summed E-state index contributed by atoms with van der Waals surface area (Å²) in [6.45, 7) is 6.84. The third kappa shape index (κ3) is 5.37. The Morgan fingerprint density at radius 1 is 1.67 bits per heavy atom. The van der Waals surface area contributed by atoms with E-state index in [0.29, 0.717) is 12.6 Å². The Hall–Kier alpha value is -0.500. The molecule has 0 saturated carbocycles. The van der Waals surface area contributed by atoms with Gasteiger partial charge in [-0.05, 0) is 32.5 Å². The minimum Gasteiger partial charge on any atom is -0.389 e. The van der Waals surface area contributed by atoms with Crippen molar-refractivity contribution in [3.05, 3.63) is 11.8 Å². The molecule has 0 aromatic rings. The highest BCUT2D eigenvalue weighted by molar-refractivity contribution is 4.97. The fourth-order valence-corrected chi connectivity index (χ4v) is 0.368. The minimum absolute atomic E-state index is 0.506. The van der Waals surface area contributed by atoms with E-state index >= 15 is 0 Å². The maximum Gasteiger partial charge on any atom is 0.0199 e. The molecule has 9 heavy (non-hydrogen) atoms. The third-order valence-electron chi connectivity index (χ3n) is 0.985. The number of rotatable bonds is 3. The first-order valence-corrected chi connectivity index (χ1v) is 3.28. The Bertz CT molecular complexity index is 95.1. The molecule has 0 unspecified atom stereocenters. The zero-order chi connectivity index (χ0) is 7.28. The molecule has 3 N–H and O–H groups in total. The average Bonchev–Trinajstić information content (AvgIpc) is 1.83. The van der Waals surface area contributed by atoms with Crippen molar-refractivity contribution in [3.63, 3.8) is 0 Å². The molecule has 0 atom stereocenters. The molecule has 0 bridgehead atoms. The van der Waals surface area contributed by atoms with Gasteiger partial charge >= 0.3 is 0 Å². The van der Waals surface area contributed by atoms with Crippen molar-refractivity contribution < 1.29 is 0 Å². The standard InChI is InChI=1S/C7H16N2/c1-6(2)9-5-7(3)4-8/h5-6,9H,4,8H2,1-3H3/b7-5-. The molecule has 0 spiro atoms. The first-order chi connectivity index (χ1) is 4.16. The van der Waals surface area contributed by atoms with Crippen LogP contribution in [0.4, 0.5) is 0 Å². The van der Waals surface area contributed by atoms with Crippen molar-refractivity contribution in [1.29, 1.82) is 0 Å². The minimum atomic E-state index is 0.506. The molecule has 0 heterocycles. The van der Waals surface area contributed by atoms with Crippen LogP contribution in [0.1, 0.15) is 20.8 Å². The summed E-state index contributed by atoms with van der Waals surface area (Å²) in [7, 11) is 0. The lowest BCUT2D eigenvalue weighted by Gasteiger charge is -2.04. The van der Waals surface area contributed by atoms with Gasteiger partial charge in [0.15, 0.2) is 0 Å². The fourth-order valence-electron chi connectivity index (χ4n) is 0.368. The van der Waals surface area contributed by atoms with Crippen LogP contribution in [0.2, 0.25) is 0 Å². The van der Waals surface area contributed by atoms with Crippen LogP contribution in [-0.4, -0.2) is 12.6 Å². The number of nitrogens with one attached hydrogen (secondary N) is 1. The summed E-state index contributed by atoms with van der Waals surface area (Å²) >= 11 is 0. The second-order valence-electron chi connectivity index (χ2n) is 2.52. The quantitative estimate of drug-likeness (QED) is 0.591. The molecule has 0 aliphatic heterocycles. The second-order valence-corrected chi connectivity index (χ2v) is 2.52. The molecule has 0 aromatic heterocycles. The van der Waals surface area contributed by atoms with Crippen LogP contribution >= 0.6 is 0 Å². The largest absolute Gasteiger partial charge is 0.389 e. The van der Waals surface area contributed by atoms with Crippen molar-refractivity contribution in [1.82, 2.24) is 5.32 Å². The molecule has 0 saturated heterocycles. The van der Waals surface area contributed by atoms with Crippen LogP contribution in [0.25, 0.3) is 0 Å². The lowest BCUT2D eigenvalue weighted by molar-refractivity contribution is 0.697. The van der Waals surface area contributed by atoms with Crippen molar-refractivity contribution in [3.8, 4) is 0 Å². The smallest absolute Gasteiger partial charge is 0.0199 e. The summed E-state index contributed by atoms with van der Waals surface area (Å²) in [5.41, 5.74) is 6.53. The van der Waals surface area contributed by atoms with Crippen LogP contribution in [0.15, 0.2) is 11.8 Å². The lowest BCUT2D eigenvalue weighted by Crippen LogP contribution is -2.17. The van der Waals surface area contributed by atoms with Crippen LogP contribution < -0.4 is 11.1 Å². The summed E-state index contributed by atoms with van der Waals surface area (Å²) in [4.78, 5) is 0. The molecule has 0 aliphatic rings. The van der Waals surface area contributed by atoms with Gasteiger partial charge in [-0.2, -0.15) is 0 Å². The predicted octanol–water partition coefficient (Wildman–Crippen LogP) is 0.847. The molecule has 2 nitrogen and oxygen atoms in total. The van der Waals surface area contributed by atoms with E-state index in [-0.39, 0.29) is 0 Å². The van der Waals surface area contributed by atoms with E-state index in [1.165, 1.54) is 5.57 Å². The van der Waals surface area contributed by atoms with E-state index < -0.39 is 0 Å². The van der Waals surface area contributed by atoms with Crippen LogP contribution in [-0.2, 0) is 0 Å². The lowest BCUT2D eigenvalue weighted by atomic mass is 10.3. The van der Waals surface area contributed by atoms with Gasteiger partial charge in [0.05, 0.1) is 0 Å². The molecule has 0 aliphatic carbocycles. The zero-order valence-electron chi connectivity index (χ0n) is 6.44. The Balaban J connectivity index is 3.43. The van der Waals surface area contributed by atoms with Crippen LogP contribution in [0, 0.1) is 0 Å². The molecule has 0 aromatic carbocycles. The molecule has 2 heteroatoms. The Morgan fingerprint density at radius 3 is 2.56 bits per heavy atom. The van der Waals surface area contributed by atoms with Gasteiger partial charge in [-0.3, -0.25) is 0 Å². The number of nitrogens with two attached hydrogens (primary N) is 1. The summed E-state index contributed by atoms with van der Waals surface area (Å²) in [5.74, 6) is 0. The zero-order valence-corrected chi connectivity index (χ0v) is 6.44. The fraction of sp³-hybridized carbons (Fsp3) is 0.714. The number of hydrogen-bond donors (Lipinski definition) is 2. The molecular weight excluding hydrogens is 112 g/mol. The van der Waals surface area contributed by atoms with Gasteiger partial charge in [-0.1, -0.05) is 0 Å². The maximum absolute atomic E-state index is 5.35. The molecule has 0 radical (unpaired) electrons. The van der Waals surface area contributed by atoms with Gasteiger partial charge in [0.25, 0.3) is 0 Å². The number of hydrogen-bond acceptors (Lipinski definition) is 2. The predicted molar refractivity (Wildman–Crippen MR) is 41.1 cm³/mol. The van der Waals surface area contributed by atoms with Crippen LogP contribution in [0.3, 0.4) is 0 Å². The van der Waals surface area contributed by atoms with Crippen molar-refractivity contribution >= 4 is 0 Å². The van der Waals surface area contributed by atoms with Gasteiger partial charge in [0, 0.05) is 12.6 Å². The highest BCUT2D eigenvalue weighted by atomic mass is 14.9. The Labute approximate surface area is 57.1 Å². The second kappa shape index (κ2) is 4.39. The first-order valence-electron chi connectivity index (χ1n) is 3.28. The molecule has 54 valence electrons.